The van der Waals surface area contributed by atoms with Crippen LogP contribution in [0.5, 0.6) is 0 Å². The van der Waals surface area contributed by atoms with Crippen LogP contribution in [0.3, 0.4) is 0 Å². The van der Waals surface area contributed by atoms with Gasteiger partial charge in [-0.25, -0.2) is 0 Å². The Morgan fingerprint density at radius 1 is 0.415 bits per heavy atom. The quantitative estimate of drug-likeness (QED) is 0.161. The van der Waals surface area contributed by atoms with Gasteiger partial charge in [0.05, 0.1) is 5.69 Å². The van der Waals surface area contributed by atoms with Crippen molar-refractivity contribution in [2.75, 3.05) is 10.2 Å². The predicted octanol–water partition coefficient (Wildman–Crippen LogP) is 15.0. The van der Waals surface area contributed by atoms with E-state index in [9.17, 15) is 0 Å². The van der Waals surface area contributed by atoms with E-state index in [4.69, 9.17) is 0 Å². The summed E-state index contributed by atoms with van der Waals surface area (Å²) in [6, 6.07) is 80.5. The minimum Gasteiger partial charge on any atom is -0.355 e. The summed E-state index contributed by atoms with van der Waals surface area (Å²) in [5, 5.41) is 6.38. The fourth-order valence-electron chi connectivity index (χ4n) is 10.7. The van der Waals surface area contributed by atoms with Crippen LogP contribution in [-0.2, 0) is 5.41 Å². The molecule has 1 aliphatic carbocycles. The van der Waals surface area contributed by atoms with Crippen LogP contribution in [0.4, 0.5) is 28.4 Å². The second kappa shape index (κ2) is 15.4. The third-order valence-corrected chi connectivity index (χ3v) is 14.0. The largest absolute Gasteiger partial charge is 0.355 e. The van der Waals surface area contributed by atoms with Gasteiger partial charge >= 0.3 is 0 Å². The SMILES string of the molecule is Cc1cc(-c2ccccc2)ccc1N1c2cc3c(cc2Bc2c(-c4ccc5ccccc5c4Nc4ccc(-c5ccccc5)cc4)cc(-c4ccccc4)cc21)-c1ccccc1C3(C)C. The molecule has 0 amide bonds. The predicted molar refractivity (Wildman–Crippen MR) is 279 cm³/mol. The van der Waals surface area contributed by atoms with Crippen molar-refractivity contribution >= 4 is 57.4 Å². The van der Waals surface area contributed by atoms with Gasteiger partial charge in [0.2, 0.25) is 0 Å². The second-order valence-corrected chi connectivity index (χ2v) is 18.2. The standard InChI is InChI=1S/C62H47BN2/c1-40-35-46(42-19-9-5-10-20-42)30-34-57(40)65-58-39-55-52(50-25-15-16-26-54(50)62(55,2)3)38-56(58)63-60-53(36-47(37-59(60)65)43-21-11-6-12-22-43)51-33-29-45-23-13-14-24-49(45)61(51)64-48-31-27-44(28-32-48)41-17-7-4-8-18-41/h4-39,63-64H,1-3H3. The van der Waals surface area contributed by atoms with Crippen LogP contribution in [0, 0.1) is 6.92 Å². The van der Waals surface area contributed by atoms with Crippen molar-refractivity contribution in [2.45, 2.75) is 26.2 Å². The molecule has 0 unspecified atom stereocenters. The Kier molecular flexibility index (Phi) is 9.21. The number of aryl methyl sites for hydroxylation is 1. The number of fused-ring (bicyclic) bond motifs is 6. The van der Waals surface area contributed by atoms with Crippen molar-refractivity contribution in [3.63, 3.8) is 0 Å². The first-order valence-electron chi connectivity index (χ1n) is 22.8. The molecule has 0 fully saturated rings. The average Bonchev–Trinajstić information content (AvgIpc) is 3.58. The summed E-state index contributed by atoms with van der Waals surface area (Å²) in [6.45, 7) is 7.06. The van der Waals surface area contributed by atoms with Gasteiger partial charge in [-0.3, -0.25) is 0 Å². The highest BCUT2D eigenvalue weighted by atomic mass is 15.2. The average molecular weight is 831 g/mol. The summed E-state index contributed by atoms with van der Waals surface area (Å²) in [5.74, 6) is 0. The Bertz CT molecular complexity index is 3450. The second-order valence-electron chi connectivity index (χ2n) is 18.2. The molecule has 65 heavy (non-hydrogen) atoms. The Morgan fingerprint density at radius 3 is 1.75 bits per heavy atom. The maximum absolute atomic E-state index is 3.99. The number of rotatable bonds is 7. The van der Waals surface area contributed by atoms with Gasteiger partial charge in [-0.15, -0.1) is 0 Å². The van der Waals surface area contributed by atoms with Gasteiger partial charge in [0.1, 0.15) is 0 Å². The zero-order valence-corrected chi connectivity index (χ0v) is 36.9. The molecule has 10 aromatic rings. The molecule has 12 rings (SSSR count). The first-order valence-corrected chi connectivity index (χ1v) is 22.8. The highest BCUT2D eigenvalue weighted by molar-refractivity contribution is 6.73. The van der Waals surface area contributed by atoms with Gasteiger partial charge in [-0.05, 0) is 127 Å². The molecular formula is C62H47BN2. The number of nitrogens with one attached hydrogen (secondary N) is 1. The Labute approximate surface area is 382 Å². The number of hydrogen-bond donors (Lipinski definition) is 1. The summed E-state index contributed by atoms with van der Waals surface area (Å²) in [4.78, 5) is 2.59. The van der Waals surface area contributed by atoms with E-state index >= 15 is 0 Å². The number of nitrogens with zero attached hydrogens (tertiary/aromatic N) is 1. The van der Waals surface area contributed by atoms with Crippen molar-refractivity contribution < 1.29 is 0 Å². The van der Waals surface area contributed by atoms with E-state index in [0.717, 1.165) is 18.7 Å². The first kappa shape index (κ1) is 38.8. The fourth-order valence-corrected chi connectivity index (χ4v) is 10.7. The van der Waals surface area contributed by atoms with E-state index in [1.807, 2.05) is 0 Å². The lowest BCUT2D eigenvalue weighted by atomic mass is 9.57. The van der Waals surface area contributed by atoms with Gasteiger partial charge < -0.3 is 10.2 Å². The van der Waals surface area contributed by atoms with Gasteiger partial charge in [0.15, 0.2) is 7.28 Å². The van der Waals surface area contributed by atoms with Gasteiger partial charge in [-0.2, -0.15) is 0 Å². The summed E-state index contributed by atoms with van der Waals surface area (Å²) >= 11 is 0. The number of anilines is 5. The summed E-state index contributed by atoms with van der Waals surface area (Å²) in [6.07, 6.45) is 0. The molecule has 1 aliphatic heterocycles. The highest BCUT2D eigenvalue weighted by Crippen LogP contribution is 2.52. The minimum atomic E-state index is -0.138. The zero-order valence-electron chi connectivity index (χ0n) is 36.9. The van der Waals surface area contributed by atoms with Crippen LogP contribution in [0.2, 0.25) is 0 Å². The van der Waals surface area contributed by atoms with Crippen LogP contribution in [0.15, 0.2) is 218 Å². The molecule has 2 aliphatic rings. The molecule has 2 nitrogen and oxygen atoms in total. The Hall–Kier alpha value is -7.88. The Morgan fingerprint density at radius 2 is 1.03 bits per heavy atom. The minimum absolute atomic E-state index is 0.138. The van der Waals surface area contributed by atoms with Gasteiger partial charge in [0.25, 0.3) is 0 Å². The molecule has 0 saturated heterocycles. The zero-order chi connectivity index (χ0) is 43.6. The number of hydrogen-bond acceptors (Lipinski definition) is 2. The summed E-state index contributed by atoms with van der Waals surface area (Å²) in [5.41, 5.74) is 24.6. The molecule has 0 spiro atoms. The maximum Gasteiger partial charge on any atom is 0.198 e. The van der Waals surface area contributed by atoms with E-state index in [1.165, 1.54) is 111 Å². The van der Waals surface area contributed by atoms with E-state index in [2.05, 4.69) is 249 Å². The van der Waals surface area contributed by atoms with E-state index in [0.29, 0.717) is 0 Å². The molecule has 10 aromatic carbocycles. The molecule has 3 heteroatoms. The van der Waals surface area contributed by atoms with Crippen molar-refractivity contribution in [3.05, 3.63) is 235 Å². The molecule has 0 saturated carbocycles. The van der Waals surface area contributed by atoms with E-state index in [-0.39, 0.29) is 5.41 Å². The highest BCUT2D eigenvalue weighted by Gasteiger charge is 2.39. The van der Waals surface area contributed by atoms with Gasteiger partial charge in [-0.1, -0.05) is 195 Å². The first-order chi connectivity index (χ1) is 31.9. The maximum atomic E-state index is 3.99. The normalized spacial score (nSPS) is 13.1. The van der Waals surface area contributed by atoms with Crippen molar-refractivity contribution in [1.82, 2.24) is 0 Å². The number of benzene rings is 10. The fraction of sp³-hybridized carbons (Fsp3) is 0.0645. The lowest BCUT2D eigenvalue weighted by Gasteiger charge is -2.37. The van der Waals surface area contributed by atoms with E-state index in [1.54, 1.807) is 0 Å². The third kappa shape index (κ3) is 6.58. The molecule has 1 N–H and O–H groups in total. The molecule has 0 bridgehead atoms. The monoisotopic (exact) mass is 830 g/mol. The third-order valence-electron chi connectivity index (χ3n) is 14.0. The topological polar surface area (TPSA) is 15.3 Å². The van der Waals surface area contributed by atoms with Crippen molar-refractivity contribution in [1.29, 1.82) is 0 Å². The Balaban J connectivity index is 1.11. The van der Waals surface area contributed by atoms with E-state index < -0.39 is 0 Å². The summed E-state index contributed by atoms with van der Waals surface area (Å²) in [7, 11) is 0.792. The molecule has 0 aromatic heterocycles. The molecule has 0 radical (unpaired) electrons. The van der Waals surface area contributed by atoms with Crippen LogP contribution in [0.25, 0.3) is 66.4 Å². The van der Waals surface area contributed by atoms with Crippen LogP contribution < -0.4 is 21.1 Å². The lowest BCUT2D eigenvalue weighted by Crippen LogP contribution is -2.41. The van der Waals surface area contributed by atoms with Crippen LogP contribution in [0.1, 0.15) is 30.5 Å². The molecule has 308 valence electrons. The lowest BCUT2D eigenvalue weighted by molar-refractivity contribution is 0.660. The molecule has 0 atom stereocenters. The molecule has 1 heterocycles. The van der Waals surface area contributed by atoms with Crippen LogP contribution in [-0.4, -0.2) is 7.28 Å². The van der Waals surface area contributed by atoms with Gasteiger partial charge in [0, 0.05) is 39.1 Å². The smallest absolute Gasteiger partial charge is 0.198 e. The van der Waals surface area contributed by atoms with Crippen molar-refractivity contribution in [2.24, 2.45) is 0 Å². The summed E-state index contributed by atoms with van der Waals surface area (Å²) < 4.78 is 0. The van der Waals surface area contributed by atoms with Crippen molar-refractivity contribution in [3.8, 4) is 55.6 Å². The molecular weight excluding hydrogens is 784 g/mol. The van der Waals surface area contributed by atoms with Crippen LogP contribution >= 0.6 is 0 Å².